The van der Waals surface area contributed by atoms with E-state index in [4.69, 9.17) is 10.7 Å². The Morgan fingerprint density at radius 3 is 2.50 bits per heavy atom. The molecule has 1 atom stereocenters. The molecule has 24 heavy (non-hydrogen) atoms. The maximum atomic E-state index is 6.45. The van der Waals surface area contributed by atoms with Crippen LogP contribution in [0.15, 0.2) is 72.1 Å². The van der Waals surface area contributed by atoms with E-state index in [1.807, 2.05) is 12.1 Å². The maximum Gasteiger partial charge on any atom is 0.115 e. The zero-order valence-corrected chi connectivity index (χ0v) is 14.3. The first kappa shape index (κ1) is 15.1. The normalized spacial score (nSPS) is 12.4. The van der Waals surface area contributed by atoms with Crippen LogP contribution >= 0.6 is 11.3 Å². The molecule has 1 unspecified atom stereocenters. The van der Waals surface area contributed by atoms with Gasteiger partial charge in [-0.15, -0.1) is 11.3 Å². The fourth-order valence-corrected chi connectivity index (χ4v) is 3.83. The summed E-state index contributed by atoms with van der Waals surface area (Å²) in [6, 6.07) is 22.9. The van der Waals surface area contributed by atoms with Gasteiger partial charge in [0.05, 0.1) is 11.7 Å². The van der Waals surface area contributed by atoms with Gasteiger partial charge in [-0.1, -0.05) is 60.7 Å². The minimum Gasteiger partial charge on any atom is -0.318 e. The van der Waals surface area contributed by atoms with Crippen molar-refractivity contribution < 1.29 is 0 Å². The van der Waals surface area contributed by atoms with E-state index in [0.29, 0.717) is 0 Å². The third-order valence-electron chi connectivity index (χ3n) is 4.36. The lowest BCUT2D eigenvalue weighted by Gasteiger charge is -2.11. The van der Waals surface area contributed by atoms with E-state index >= 15 is 0 Å². The molecule has 0 radical (unpaired) electrons. The first-order chi connectivity index (χ1) is 11.7. The quantitative estimate of drug-likeness (QED) is 0.552. The highest BCUT2D eigenvalue weighted by Crippen LogP contribution is 2.30. The summed E-state index contributed by atoms with van der Waals surface area (Å²) in [5, 5.41) is 5.52. The van der Waals surface area contributed by atoms with Crippen LogP contribution < -0.4 is 5.73 Å². The highest BCUT2D eigenvalue weighted by Gasteiger charge is 2.15. The number of hydrogen-bond acceptors (Lipinski definition) is 3. The van der Waals surface area contributed by atoms with Gasteiger partial charge in [-0.3, -0.25) is 0 Å². The van der Waals surface area contributed by atoms with Crippen molar-refractivity contribution in [1.29, 1.82) is 0 Å². The summed E-state index contributed by atoms with van der Waals surface area (Å²) in [7, 11) is 0. The van der Waals surface area contributed by atoms with E-state index in [-0.39, 0.29) is 6.04 Å². The first-order valence-corrected chi connectivity index (χ1v) is 8.86. The number of fused-ring (bicyclic) bond motifs is 1. The highest BCUT2D eigenvalue weighted by molar-refractivity contribution is 7.10. The number of aryl methyl sites for hydroxylation is 1. The van der Waals surface area contributed by atoms with E-state index < -0.39 is 0 Å². The Bertz CT molecular complexity index is 1000. The molecule has 0 spiro atoms. The zero-order valence-electron chi connectivity index (χ0n) is 13.4. The van der Waals surface area contributed by atoms with Crippen molar-refractivity contribution in [3.63, 3.8) is 0 Å². The molecule has 2 nitrogen and oxygen atoms in total. The molecule has 1 heterocycles. The monoisotopic (exact) mass is 330 g/mol. The lowest BCUT2D eigenvalue weighted by molar-refractivity contribution is 0.850. The van der Waals surface area contributed by atoms with Crippen molar-refractivity contribution in [2.75, 3.05) is 0 Å². The fraction of sp³-hybridized carbons (Fsp3) is 0.0952. The Balaban J connectivity index is 1.70. The molecule has 0 aliphatic heterocycles. The van der Waals surface area contributed by atoms with Crippen molar-refractivity contribution in [3.8, 4) is 11.3 Å². The van der Waals surface area contributed by atoms with Gasteiger partial charge in [0.25, 0.3) is 0 Å². The van der Waals surface area contributed by atoms with Crippen LogP contribution in [0, 0.1) is 6.92 Å². The van der Waals surface area contributed by atoms with Crippen molar-refractivity contribution in [2.24, 2.45) is 5.73 Å². The van der Waals surface area contributed by atoms with Crippen molar-refractivity contribution in [3.05, 3.63) is 88.2 Å². The Kier molecular flexibility index (Phi) is 3.89. The van der Waals surface area contributed by atoms with Gasteiger partial charge in [-0.25, -0.2) is 4.98 Å². The Morgan fingerprint density at radius 1 is 0.917 bits per heavy atom. The van der Waals surface area contributed by atoms with E-state index in [1.54, 1.807) is 11.3 Å². The largest absolute Gasteiger partial charge is 0.318 e. The second-order valence-electron chi connectivity index (χ2n) is 5.97. The lowest BCUT2D eigenvalue weighted by atomic mass is 10.0. The summed E-state index contributed by atoms with van der Waals surface area (Å²) in [5.41, 5.74) is 10.9. The second kappa shape index (κ2) is 6.19. The van der Waals surface area contributed by atoms with Crippen LogP contribution in [0.3, 0.4) is 0 Å². The van der Waals surface area contributed by atoms with E-state index in [2.05, 4.69) is 66.9 Å². The number of thiazole rings is 1. The molecular formula is C21H18N2S. The molecule has 0 aliphatic rings. The Labute approximate surface area is 145 Å². The van der Waals surface area contributed by atoms with E-state index in [1.165, 1.54) is 16.3 Å². The average Bonchev–Trinajstić information content (AvgIpc) is 3.11. The molecule has 3 heteroatoms. The number of hydrogen-bond donors (Lipinski definition) is 1. The number of nitrogens with two attached hydrogens (primary N) is 1. The molecule has 3 aromatic carbocycles. The van der Waals surface area contributed by atoms with Crippen LogP contribution in [0.2, 0.25) is 0 Å². The molecule has 4 aromatic rings. The predicted molar refractivity (Wildman–Crippen MR) is 102 cm³/mol. The second-order valence-corrected chi connectivity index (χ2v) is 6.86. The zero-order chi connectivity index (χ0) is 16.5. The van der Waals surface area contributed by atoms with Gasteiger partial charge >= 0.3 is 0 Å². The molecule has 0 fully saturated rings. The van der Waals surface area contributed by atoms with Crippen LogP contribution in [-0.4, -0.2) is 4.98 Å². The average molecular weight is 330 g/mol. The molecule has 0 saturated heterocycles. The molecule has 118 valence electrons. The van der Waals surface area contributed by atoms with Gasteiger partial charge in [-0.2, -0.15) is 0 Å². The summed E-state index contributed by atoms with van der Waals surface area (Å²) < 4.78 is 0. The molecule has 0 aliphatic carbocycles. The van der Waals surface area contributed by atoms with Gasteiger partial charge < -0.3 is 5.73 Å². The minimum atomic E-state index is -0.176. The van der Waals surface area contributed by atoms with Gasteiger partial charge in [0.1, 0.15) is 5.01 Å². The van der Waals surface area contributed by atoms with Gasteiger partial charge in [0.15, 0.2) is 0 Å². The Morgan fingerprint density at radius 2 is 1.67 bits per heavy atom. The lowest BCUT2D eigenvalue weighted by Crippen LogP contribution is -2.12. The summed E-state index contributed by atoms with van der Waals surface area (Å²) in [5.74, 6) is 0. The number of nitrogens with zero attached hydrogens (tertiary/aromatic N) is 1. The maximum absolute atomic E-state index is 6.45. The number of rotatable bonds is 3. The molecule has 2 N–H and O–H groups in total. The van der Waals surface area contributed by atoms with Crippen LogP contribution in [0.5, 0.6) is 0 Å². The van der Waals surface area contributed by atoms with E-state index in [9.17, 15) is 0 Å². The van der Waals surface area contributed by atoms with Crippen molar-refractivity contribution in [2.45, 2.75) is 13.0 Å². The summed E-state index contributed by atoms with van der Waals surface area (Å²) in [4.78, 5) is 4.80. The van der Waals surface area contributed by atoms with Gasteiger partial charge in [0, 0.05) is 10.9 Å². The van der Waals surface area contributed by atoms with Crippen LogP contribution in [0.25, 0.3) is 22.0 Å². The standard InChI is InChI=1S/C21H18N2S/c1-14-6-2-5-9-18(14)20(22)21-23-19(13-24-21)17-11-10-15-7-3-4-8-16(15)12-17/h2-13,20H,22H2,1H3. The summed E-state index contributed by atoms with van der Waals surface area (Å²) >= 11 is 1.63. The highest BCUT2D eigenvalue weighted by atomic mass is 32.1. The Hall–Kier alpha value is -2.49. The fourth-order valence-electron chi connectivity index (χ4n) is 2.98. The molecule has 0 saturated carbocycles. The number of benzene rings is 3. The third-order valence-corrected chi connectivity index (χ3v) is 5.28. The van der Waals surface area contributed by atoms with Crippen molar-refractivity contribution >= 4 is 22.1 Å². The van der Waals surface area contributed by atoms with Gasteiger partial charge in [0.2, 0.25) is 0 Å². The summed E-state index contributed by atoms with van der Waals surface area (Å²) in [6.07, 6.45) is 0. The van der Waals surface area contributed by atoms with Crippen LogP contribution in [-0.2, 0) is 0 Å². The molecule has 0 amide bonds. The van der Waals surface area contributed by atoms with Crippen LogP contribution in [0.1, 0.15) is 22.2 Å². The smallest absolute Gasteiger partial charge is 0.115 e. The molecule has 1 aromatic heterocycles. The first-order valence-electron chi connectivity index (χ1n) is 7.98. The number of aromatic nitrogens is 1. The van der Waals surface area contributed by atoms with Gasteiger partial charge in [-0.05, 0) is 34.9 Å². The van der Waals surface area contributed by atoms with Crippen LogP contribution in [0.4, 0.5) is 0 Å². The predicted octanol–water partition coefficient (Wildman–Crippen LogP) is 5.32. The topological polar surface area (TPSA) is 38.9 Å². The molecule has 0 bridgehead atoms. The SMILES string of the molecule is Cc1ccccc1C(N)c1nc(-c2ccc3ccccc3c2)cs1. The van der Waals surface area contributed by atoms with E-state index in [0.717, 1.165) is 21.8 Å². The summed E-state index contributed by atoms with van der Waals surface area (Å²) in [6.45, 7) is 2.09. The minimum absolute atomic E-state index is 0.176. The molecular weight excluding hydrogens is 312 g/mol. The molecule has 4 rings (SSSR count). The van der Waals surface area contributed by atoms with Crippen molar-refractivity contribution in [1.82, 2.24) is 4.98 Å². The third kappa shape index (κ3) is 2.73.